The first-order valence-corrected chi connectivity index (χ1v) is 5.53. The number of rotatable bonds is 3. The van der Waals surface area contributed by atoms with Crippen LogP contribution >= 0.6 is 0 Å². The SMILES string of the molecule is O=c1[nH]cnc2c1ncn2/C=C1\CC1(CO)CO. The molecule has 0 aromatic carbocycles. The molecular formula is C11H12N4O3. The van der Waals surface area contributed by atoms with Crippen LogP contribution in [-0.4, -0.2) is 42.9 Å². The van der Waals surface area contributed by atoms with Crippen molar-refractivity contribution in [2.45, 2.75) is 6.42 Å². The molecule has 0 atom stereocenters. The Balaban J connectivity index is 2.06. The fourth-order valence-corrected chi connectivity index (χ4v) is 1.99. The highest BCUT2D eigenvalue weighted by atomic mass is 16.3. The summed E-state index contributed by atoms with van der Waals surface area (Å²) in [5.74, 6) is 0. The summed E-state index contributed by atoms with van der Waals surface area (Å²) < 4.78 is 1.63. The number of nitrogens with one attached hydrogen (secondary N) is 1. The fourth-order valence-electron chi connectivity index (χ4n) is 1.99. The second kappa shape index (κ2) is 3.76. The highest BCUT2D eigenvalue weighted by molar-refractivity contribution is 5.72. The molecule has 0 amide bonds. The predicted molar refractivity (Wildman–Crippen MR) is 63.6 cm³/mol. The Morgan fingerprint density at radius 3 is 2.89 bits per heavy atom. The van der Waals surface area contributed by atoms with Gasteiger partial charge in [-0.25, -0.2) is 9.97 Å². The molecule has 2 heterocycles. The van der Waals surface area contributed by atoms with Crippen LogP contribution in [0.4, 0.5) is 0 Å². The fraction of sp³-hybridized carbons (Fsp3) is 0.364. The second-order valence-electron chi connectivity index (χ2n) is 4.48. The Morgan fingerprint density at radius 1 is 1.44 bits per heavy atom. The van der Waals surface area contributed by atoms with Crippen LogP contribution in [0.5, 0.6) is 0 Å². The van der Waals surface area contributed by atoms with E-state index in [1.54, 1.807) is 10.8 Å². The van der Waals surface area contributed by atoms with E-state index in [0.29, 0.717) is 12.1 Å². The van der Waals surface area contributed by atoms with E-state index in [-0.39, 0.29) is 24.3 Å². The van der Waals surface area contributed by atoms with Crippen molar-refractivity contribution in [3.05, 3.63) is 28.6 Å². The molecule has 0 aliphatic heterocycles. The molecule has 2 aromatic rings. The zero-order valence-electron chi connectivity index (χ0n) is 9.50. The Bertz CT molecular complexity index is 681. The van der Waals surface area contributed by atoms with Crippen LogP contribution in [0.1, 0.15) is 6.42 Å². The van der Waals surface area contributed by atoms with Crippen molar-refractivity contribution >= 4 is 17.4 Å². The number of imidazole rings is 1. The number of hydrogen-bond donors (Lipinski definition) is 3. The first-order valence-electron chi connectivity index (χ1n) is 5.53. The Kier molecular flexibility index (Phi) is 2.32. The van der Waals surface area contributed by atoms with Gasteiger partial charge in [-0.2, -0.15) is 0 Å². The standard InChI is InChI=1S/C11H12N4O3/c16-3-11(4-17)1-7(11)2-15-6-14-8-9(15)12-5-13-10(8)18/h2,5-6,16-17H,1,3-4H2,(H,12,13,18)/b7-2+. The molecule has 0 saturated heterocycles. The van der Waals surface area contributed by atoms with Gasteiger partial charge in [0.05, 0.1) is 19.5 Å². The number of H-pyrrole nitrogens is 1. The Labute approximate surface area is 101 Å². The summed E-state index contributed by atoms with van der Waals surface area (Å²) in [4.78, 5) is 22.0. The van der Waals surface area contributed by atoms with E-state index in [1.165, 1.54) is 12.7 Å². The number of aromatic nitrogens is 4. The van der Waals surface area contributed by atoms with Gasteiger partial charge in [-0.1, -0.05) is 0 Å². The summed E-state index contributed by atoms with van der Waals surface area (Å²) >= 11 is 0. The van der Waals surface area contributed by atoms with Gasteiger partial charge in [-0.3, -0.25) is 9.36 Å². The van der Waals surface area contributed by atoms with Gasteiger partial charge >= 0.3 is 0 Å². The zero-order valence-corrected chi connectivity index (χ0v) is 9.50. The molecule has 94 valence electrons. The molecule has 1 fully saturated rings. The van der Waals surface area contributed by atoms with E-state index < -0.39 is 5.41 Å². The van der Waals surface area contributed by atoms with E-state index in [0.717, 1.165) is 5.57 Å². The molecule has 1 aliphatic rings. The van der Waals surface area contributed by atoms with Gasteiger partial charge in [-0.05, 0) is 12.0 Å². The van der Waals surface area contributed by atoms with Gasteiger partial charge in [-0.15, -0.1) is 0 Å². The highest BCUT2D eigenvalue weighted by Gasteiger charge is 2.48. The van der Waals surface area contributed by atoms with Gasteiger partial charge in [0.15, 0.2) is 11.2 Å². The summed E-state index contributed by atoms with van der Waals surface area (Å²) in [6.45, 7) is -0.175. The van der Waals surface area contributed by atoms with Crippen molar-refractivity contribution < 1.29 is 10.2 Å². The van der Waals surface area contributed by atoms with Crippen LogP contribution in [0.3, 0.4) is 0 Å². The maximum atomic E-state index is 11.5. The summed E-state index contributed by atoms with van der Waals surface area (Å²) in [6.07, 6.45) is 5.22. The third-order valence-corrected chi connectivity index (χ3v) is 3.35. The van der Waals surface area contributed by atoms with Crippen molar-refractivity contribution in [3.8, 4) is 0 Å². The smallest absolute Gasteiger partial charge is 0.278 e. The van der Waals surface area contributed by atoms with Crippen molar-refractivity contribution in [2.75, 3.05) is 13.2 Å². The molecule has 7 nitrogen and oxygen atoms in total. The summed E-state index contributed by atoms with van der Waals surface area (Å²) in [5, 5.41) is 18.4. The van der Waals surface area contributed by atoms with Crippen LogP contribution in [0.2, 0.25) is 0 Å². The Hall–Kier alpha value is -1.99. The predicted octanol–water partition coefficient (Wildman–Crippen LogP) is -0.665. The van der Waals surface area contributed by atoms with Crippen molar-refractivity contribution in [1.29, 1.82) is 0 Å². The van der Waals surface area contributed by atoms with Gasteiger partial charge in [0.2, 0.25) is 0 Å². The van der Waals surface area contributed by atoms with Gasteiger partial charge in [0.1, 0.15) is 6.33 Å². The number of fused-ring (bicyclic) bond motifs is 1. The van der Waals surface area contributed by atoms with Crippen molar-refractivity contribution in [3.63, 3.8) is 0 Å². The van der Waals surface area contributed by atoms with Crippen LogP contribution in [0, 0.1) is 5.41 Å². The number of aliphatic hydroxyl groups excluding tert-OH is 2. The summed E-state index contributed by atoms with van der Waals surface area (Å²) in [5.41, 5.74) is 0.853. The summed E-state index contributed by atoms with van der Waals surface area (Å²) in [7, 11) is 0. The molecule has 0 spiro atoms. The molecule has 3 rings (SSSR count). The number of nitrogens with zero attached hydrogens (tertiary/aromatic N) is 3. The van der Waals surface area contributed by atoms with Crippen molar-refractivity contribution in [2.24, 2.45) is 5.41 Å². The van der Waals surface area contributed by atoms with Crippen LogP contribution in [-0.2, 0) is 0 Å². The highest BCUT2D eigenvalue weighted by Crippen LogP contribution is 2.51. The van der Waals surface area contributed by atoms with Crippen LogP contribution in [0.25, 0.3) is 17.4 Å². The molecule has 3 N–H and O–H groups in total. The molecule has 0 bridgehead atoms. The second-order valence-corrected chi connectivity index (χ2v) is 4.48. The molecule has 0 unspecified atom stereocenters. The normalized spacial score (nSPS) is 19.6. The maximum Gasteiger partial charge on any atom is 0.278 e. The lowest BCUT2D eigenvalue weighted by Crippen LogP contribution is -2.12. The average Bonchev–Trinajstić information content (AvgIpc) is 2.93. The van der Waals surface area contributed by atoms with Gasteiger partial charge < -0.3 is 15.2 Å². The first kappa shape index (κ1) is 11.1. The lowest BCUT2D eigenvalue weighted by Gasteiger charge is -2.04. The summed E-state index contributed by atoms with van der Waals surface area (Å²) in [6, 6.07) is 0. The monoisotopic (exact) mass is 248 g/mol. The minimum absolute atomic E-state index is 0.0873. The Morgan fingerprint density at radius 2 is 2.22 bits per heavy atom. The average molecular weight is 248 g/mol. The van der Waals surface area contributed by atoms with Gasteiger partial charge in [0.25, 0.3) is 5.56 Å². The minimum atomic E-state index is -0.516. The van der Waals surface area contributed by atoms with E-state index in [9.17, 15) is 15.0 Å². The molecule has 7 heteroatoms. The topological polar surface area (TPSA) is 104 Å². The number of aliphatic hydroxyl groups is 2. The zero-order chi connectivity index (χ0) is 12.8. The van der Waals surface area contributed by atoms with Crippen LogP contribution in [0.15, 0.2) is 23.0 Å². The molecular weight excluding hydrogens is 236 g/mol. The largest absolute Gasteiger partial charge is 0.395 e. The number of aromatic amines is 1. The molecule has 18 heavy (non-hydrogen) atoms. The van der Waals surface area contributed by atoms with Crippen molar-refractivity contribution in [1.82, 2.24) is 19.5 Å². The van der Waals surface area contributed by atoms with E-state index in [2.05, 4.69) is 15.0 Å². The molecule has 0 radical (unpaired) electrons. The molecule has 2 aromatic heterocycles. The molecule has 1 aliphatic carbocycles. The first-order chi connectivity index (χ1) is 8.70. The van der Waals surface area contributed by atoms with E-state index >= 15 is 0 Å². The minimum Gasteiger partial charge on any atom is -0.395 e. The molecule has 1 saturated carbocycles. The van der Waals surface area contributed by atoms with Crippen LogP contribution < -0.4 is 5.56 Å². The number of hydrogen-bond acceptors (Lipinski definition) is 5. The lowest BCUT2D eigenvalue weighted by atomic mass is 10.1. The lowest BCUT2D eigenvalue weighted by molar-refractivity contribution is 0.143. The maximum absolute atomic E-state index is 11.5. The van der Waals surface area contributed by atoms with E-state index in [1.807, 2.05) is 0 Å². The quantitative estimate of drug-likeness (QED) is 0.668. The van der Waals surface area contributed by atoms with Gasteiger partial charge in [0, 0.05) is 11.6 Å². The third kappa shape index (κ3) is 1.48. The third-order valence-electron chi connectivity index (χ3n) is 3.35. The van der Waals surface area contributed by atoms with E-state index in [4.69, 9.17) is 0 Å².